The molecule has 1 atom stereocenters. The van der Waals surface area contributed by atoms with E-state index < -0.39 is 0 Å². The van der Waals surface area contributed by atoms with Crippen LogP contribution in [0.4, 0.5) is 0 Å². The summed E-state index contributed by atoms with van der Waals surface area (Å²) in [5, 5.41) is 9.68. The standard InChI is InChI=1S/C29H33N7S/c1-18-20(3)37-29(33-18)26-22-9-4-5-10-23(22)28-27(26)31-17-32-36(28)35-14-12-34(13-15-35)19(2)24-16-30-25-11-7-6-8-21(24)25/h6-8,11,16-17,19,30H,4-5,9-10,12-15H2,1-3H3. The summed E-state index contributed by atoms with van der Waals surface area (Å²) in [6.07, 6.45) is 8.59. The molecule has 190 valence electrons. The molecule has 0 amide bonds. The van der Waals surface area contributed by atoms with Crippen LogP contribution in [0, 0.1) is 13.8 Å². The maximum absolute atomic E-state index is 4.95. The molecule has 2 aliphatic carbocycles. The summed E-state index contributed by atoms with van der Waals surface area (Å²) in [6, 6.07) is 8.97. The van der Waals surface area contributed by atoms with E-state index in [0.29, 0.717) is 6.04 Å². The lowest BCUT2D eigenvalue weighted by Gasteiger charge is -2.39. The fourth-order valence-electron chi connectivity index (χ4n) is 6.33. The fourth-order valence-corrected chi connectivity index (χ4v) is 7.31. The van der Waals surface area contributed by atoms with Gasteiger partial charge in [0.1, 0.15) is 22.7 Å². The Bertz CT molecular complexity index is 1530. The summed E-state index contributed by atoms with van der Waals surface area (Å²) >= 11 is 1.80. The van der Waals surface area contributed by atoms with E-state index in [9.17, 15) is 0 Å². The van der Waals surface area contributed by atoms with E-state index in [1.54, 1.807) is 17.7 Å². The minimum atomic E-state index is 0.364. The molecule has 1 unspecified atom stereocenters. The van der Waals surface area contributed by atoms with Crippen molar-refractivity contribution in [3.05, 3.63) is 64.1 Å². The van der Waals surface area contributed by atoms with E-state index in [1.807, 2.05) is 0 Å². The van der Waals surface area contributed by atoms with Crippen LogP contribution in [0.15, 0.2) is 36.8 Å². The van der Waals surface area contributed by atoms with Crippen LogP contribution < -0.4 is 5.01 Å². The summed E-state index contributed by atoms with van der Waals surface area (Å²) in [7, 11) is 0. The first-order valence-corrected chi connectivity index (χ1v) is 14.3. The first-order valence-electron chi connectivity index (χ1n) is 13.5. The molecule has 8 heteroatoms. The molecule has 4 aliphatic rings. The molecule has 0 saturated carbocycles. The van der Waals surface area contributed by atoms with Gasteiger partial charge in [-0.05, 0) is 69.2 Å². The van der Waals surface area contributed by atoms with Crippen LogP contribution in [-0.4, -0.2) is 55.9 Å². The van der Waals surface area contributed by atoms with Crippen molar-refractivity contribution in [1.82, 2.24) is 29.7 Å². The van der Waals surface area contributed by atoms with Gasteiger partial charge in [0.15, 0.2) is 0 Å². The summed E-state index contributed by atoms with van der Waals surface area (Å²) in [5.41, 5.74) is 10.2. The van der Waals surface area contributed by atoms with Crippen molar-refractivity contribution in [2.75, 3.05) is 31.2 Å². The number of benzene rings is 1. The van der Waals surface area contributed by atoms with Crippen LogP contribution in [-0.2, 0) is 12.8 Å². The number of hydrogen-bond acceptors (Lipinski definition) is 6. The number of aromatic amines is 1. The Balaban J connectivity index is 1.19. The number of fused-ring (bicyclic) bond motifs is 4. The first kappa shape index (κ1) is 22.9. The van der Waals surface area contributed by atoms with E-state index in [-0.39, 0.29) is 0 Å². The van der Waals surface area contributed by atoms with Crippen molar-refractivity contribution in [2.24, 2.45) is 0 Å². The van der Waals surface area contributed by atoms with Crippen molar-refractivity contribution in [3.63, 3.8) is 0 Å². The number of thiazole rings is 1. The summed E-state index contributed by atoms with van der Waals surface area (Å²) in [6.45, 7) is 10.5. The molecule has 37 heavy (non-hydrogen) atoms. The predicted octanol–water partition coefficient (Wildman–Crippen LogP) is 5.50. The second-order valence-electron chi connectivity index (χ2n) is 10.5. The normalized spacial score (nSPS) is 17.5. The van der Waals surface area contributed by atoms with Gasteiger partial charge >= 0.3 is 0 Å². The van der Waals surface area contributed by atoms with Crippen LogP contribution in [0.3, 0.4) is 0 Å². The van der Waals surface area contributed by atoms with Gasteiger partial charge in [0.05, 0.1) is 5.69 Å². The van der Waals surface area contributed by atoms with Gasteiger partial charge in [-0.3, -0.25) is 9.91 Å². The van der Waals surface area contributed by atoms with Gasteiger partial charge in [0.25, 0.3) is 0 Å². The van der Waals surface area contributed by atoms with E-state index in [1.165, 1.54) is 56.6 Å². The highest BCUT2D eigenvalue weighted by molar-refractivity contribution is 7.15. The Morgan fingerprint density at radius 3 is 2.57 bits per heavy atom. The van der Waals surface area contributed by atoms with Crippen LogP contribution >= 0.6 is 11.3 Å². The molecule has 2 aliphatic heterocycles. The number of nitrogens with one attached hydrogen (secondary N) is 1. The second-order valence-corrected chi connectivity index (χ2v) is 11.7. The Morgan fingerprint density at radius 1 is 1.00 bits per heavy atom. The van der Waals surface area contributed by atoms with Crippen LogP contribution in [0.25, 0.3) is 32.9 Å². The van der Waals surface area contributed by atoms with Gasteiger partial charge in [0.2, 0.25) is 0 Å². The zero-order chi connectivity index (χ0) is 25.1. The van der Waals surface area contributed by atoms with Crippen molar-refractivity contribution in [3.8, 4) is 22.0 Å². The van der Waals surface area contributed by atoms with E-state index in [4.69, 9.17) is 15.1 Å². The van der Waals surface area contributed by atoms with Crippen molar-refractivity contribution < 1.29 is 0 Å². The van der Waals surface area contributed by atoms with Crippen LogP contribution in [0.2, 0.25) is 0 Å². The summed E-state index contributed by atoms with van der Waals surface area (Å²) in [4.78, 5) is 19.3. The van der Waals surface area contributed by atoms with Crippen LogP contribution in [0.5, 0.6) is 0 Å². The minimum absolute atomic E-state index is 0.364. The average molecular weight is 512 g/mol. The van der Waals surface area contributed by atoms with Gasteiger partial charge in [0, 0.05) is 59.8 Å². The second kappa shape index (κ2) is 8.96. The van der Waals surface area contributed by atoms with Crippen molar-refractivity contribution in [2.45, 2.75) is 52.5 Å². The third kappa shape index (κ3) is 3.68. The number of aromatic nitrogens is 5. The van der Waals surface area contributed by atoms with Gasteiger partial charge in [-0.2, -0.15) is 4.79 Å². The number of aryl methyl sites for hydroxylation is 2. The average Bonchev–Trinajstić information content (AvgIpc) is 3.61. The van der Waals surface area contributed by atoms with Gasteiger partial charge < -0.3 is 4.98 Å². The van der Waals surface area contributed by atoms with Crippen molar-refractivity contribution >= 4 is 22.2 Å². The lowest BCUT2D eigenvalue weighted by atomic mass is 9.93. The quantitative estimate of drug-likeness (QED) is 0.345. The van der Waals surface area contributed by atoms with Crippen LogP contribution in [0.1, 0.15) is 53.1 Å². The molecule has 7 nitrogen and oxygen atoms in total. The molecule has 2 aromatic heterocycles. The smallest absolute Gasteiger partial charge is 0.138 e. The molecule has 4 heterocycles. The number of piperazine rings is 1. The minimum Gasteiger partial charge on any atom is -0.361 e. The maximum Gasteiger partial charge on any atom is 0.138 e. The molecule has 1 N–H and O–H groups in total. The third-order valence-electron chi connectivity index (χ3n) is 8.48. The highest BCUT2D eigenvalue weighted by atomic mass is 32.1. The molecule has 0 spiro atoms. The Hall–Kier alpha value is -3.23. The van der Waals surface area contributed by atoms with Crippen molar-refractivity contribution in [1.29, 1.82) is 0 Å². The highest BCUT2D eigenvalue weighted by Crippen LogP contribution is 2.46. The molecule has 0 radical (unpaired) electrons. The number of nitrogens with zero attached hydrogens (tertiary/aromatic N) is 6. The zero-order valence-corrected chi connectivity index (χ0v) is 22.6. The van der Waals surface area contributed by atoms with Gasteiger partial charge in [-0.1, -0.05) is 18.2 Å². The topological polar surface area (TPSA) is 65.9 Å². The zero-order valence-electron chi connectivity index (χ0n) is 21.8. The molecule has 7 rings (SSSR count). The summed E-state index contributed by atoms with van der Waals surface area (Å²) < 4.78 is 0. The molecule has 0 bridgehead atoms. The van der Waals surface area contributed by atoms with E-state index >= 15 is 0 Å². The molecule has 1 fully saturated rings. The molecule has 1 saturated heterocycles. The highest BCUT2D eigenvalue weighted by Gasteiger charge is 2.33. The monoisotopic (exact) mass is 511 g/mol. The maximum atomic E-state index is 4.95. The SMILES string of the molecule is Cc1nc(-c2c3ncnn(N4CCN(C(C)c5c[nH]c6ccccc56)CC4)c-3c3c2CCCC3)sc1C. The number of hydrogen-bond donors (Lipinski definition) is 1. The Kier molecular flexibility index (Phi) is 5.55. The fraction of sp³-hybridized carbons (Fsp3) is 0.414. The Labute approximate surface area is 221 Å². The predicted molar refractivity (Wildman–Crippen MR) is 150 cm³/mol. The molecule has 3 aromatic rings. The Morgan fingerprint density at radius 2 is 1.78 bits per heavy atom. The lowest BCUT2D eigenvalue weighted by Crippen LogP contribution is -2.52. The lowest BCUT2D eigenvalue weighted by molar-refractivity contribution is 0.184. The number of para-hydroxylation sites is 1. The number of H-pyrrole nitrogens is 1. The van der Waals surface area contributed by atoms with E-state index in [0.717, 1.165) is 55.4 Å². The largest absolute Gasteiger partial charge is 0.361 e. The van der Waals surface area contributed by atoms with Gasteiger partial charge in [-0.15, -0.1) is 16.4 Å². The molecule has 1 aromatic carbocycles. The first-order chi connectivity index (χ1) is 18.1. The van der Waals surface area contributed by atoms with Gasteiger partial charge in [-0.25, -0.2) is 9.97 Å². The molecular formula is C29H33N7S. The summed E-state index contributed by atoms with van der Waals surface area (Å²) in [5.74, 6) is 0. The third-order valence-corrected chi connectivity index (χ3v) is 9.57. The van der Waals surface area contributed by atoms with E-state index in [2.05, 4.69) is 70.9 Å². The number of rotatable bonds is 4. The molecular weight excluding hydrogens is 478 g/mol.